The summed E-state index contributed by atoms with van der Waals surface area (Å²) in [6.07, 6.45) is 0.678. The van der Waals surface area contributed by atoms with Crippen LogP contribution in [-0.2, 0) is 19.5 Å². The lowest BCUT2D eigenvalue weighted by atomic mass is 10.1. The average molecular weight is 288 g/mol. The third-order valence-electron chi connectivity index (χ3n) is 3.81. The smallest absolute Gasteiger partial charge is 0.257 e. The number of anilines is 1. The molecule has 0 saturated carbocycles. The number of benzene rings is 1. The highest BCUT2D eigenvalue weighted by Crippen LogP contribution is 2.18. The number of H-pyrrole nitrogens is 1. The van der Waals surface area contributed by atoms with Gasteiger partial charge in [0.05, 0.1) is 11.3 Å². The van der Waals surface area contributed by atoms with Gasteiger partial charge in [-0.1, -0.05) is 12.1 Å². The Labute approximate surface area is 121 Å². The van der Waals surface area contributed by atoms with E-state index in [1.165, 1.54) is 0 Å². The maximum Gasteiger partial charge on any atom is 0.257 e. The Hall–Kier alpha value is -2.21. The highest BCUT2D eigenvalue weighted by Gasteiger charge is 2.21. The molecule has 0 saturated heterocycles. The summed E-state index contributed by atoms with van der Waals surface area (Å²) in [5, 5.41) is 0. The predicted molar refractivity (Wildman–Crippen MR) is 78.2 cm³/mol. The predicted octanol–water partition coefficient (Wildman–Crippen LogP) is 1.36. The van der Waals surface area contributed by atoms with Crippen LogP contribution in [-0.4, -0.2) is 21.4 Å². The van der Waals surface area contributed by atoms with Gasteiger partial charge in [0.15, 0.2) is 0 Å². The van der Waals surface area contributed by atoms with Crippen LogP contribution >= 0.6 is 0 Å². The average Bonchev–Trinajstić information content (AvgIpc) is 2.43. The summed E-state index contributed by atoms with van der Waals surface area (Å²) in [7, 11) is 0. The van der Waals surface area contributed by atoms with Crippen LogP contribution in [0.3, 0.4) is 0 Å². The molecule has 0 amide bonds. The Morgan fingerprint density at radius 1 is 1.48 bits per heavy atom. The van der Waals surface area contributed by atoms with Crippen molar-refractivity contribution in [2.24, 2.45) is 0 Å². The molecule has 0 spiro atoms. The number of halogens is 1. The van der Waals surface area contributed by atoms with E-state index in [1.54, 1.807) is 19.1 Å². The first-order valence-corrected chi connectivity index (χ1v) is 6.88. The van der Waals surface area contributed by atoms with Gasteiger partial charge in [0.2, 0.25) is 5.95 Å². The fourth-order valence-corrected chi connectivity index (χ4v) is 2.63. The Balaban J connectivity index is 1.80. The molecule has 0 atom stereocenters. The minimum Gasteiger partial charge on any atom is -0.369 e. The lowest BCUT2D eigenvalue weighted by molar-refractivity contribution is 0.241. The maximum atomic E-state index is 13.6. The topological polar surface area (TPSA) is 75.0 Å². The molecular formula is C15H17FN4O. The zero-order valence-electron chi connectivity index (χ0n) is 11.8. The molecule has 0 radical (unpaired) electrons. The third-order valence-corrected chi connectivity index (χ3v) is 3.81. The molecule has 110 valence electrons. The number of nitrogens with two attached hydrogens (primary N) is 1. The molecule has 1 aromatic heterocycles. The van der Waals surface area contributed by atoms with Crippen LogP contribution in [0.1, 0.15) is 22.4 Å². The Bertz CT molecular complexity index is 741. The maximum absolute atomic E-state index is 13.6. The van der Waals surface area contributed by atoms with Gasteiger partial charge in [-0.25, -0.2) is 9.37 Å². The zero-order chi connectivity index (χ0) is 15.0. The standard InChI is InChI=1S/C15H17FN4O/c1-9-2-3-10(6-12(9)16)7-20-5-4-13-11(8-20)14(21)19-15(17)18-13/h2-3,6H,4-5,7-8H2,1H3,(H3,17,18,19,21). The zero-order valence-corrected chi connectivity index (χ0v) is 11.8. The summed E-state index contributed by atoms with van der Waals surface area (Å²) in [5.74, 6) is -0.0370. The number of nitrogens with one attached hydrogen (secondary N) is 1. The molecule has 3 N–H and O–H groups in total. The van der Waals surface area contributed by atoms with Crippen LogP contribution in [0.15, 0.2) is 23.0 Å². The van der Waals surface area contributed by atoms with Crippen molar-refractivity contribution in [3.05, 3.63) is 56.8 Å². The highest BCUT2D eigenvalue weighted by molar-refractivity contribution is 5.28. The van der Waals surface area contributed by atoms with Crippen LogP contribution < -0.4 is 11.3 Å². The molecule has 1 aliphatic heterocycles. The number of fused-ring (bicyclic) bond motifs is 1. The van der Waals surface area contributed by atoms with Crippen LogP contribution in [0.4, 0.5) is 10.3 Å². The number of nitrogens with zero attached hydrogens (tertiary/aromatic N) is 2. The summed E-state index contributed by atoms with van der Waals surface area (Å²) in [6, 6.07) is 5.24. The van der Waals surface area contributed by atoms with E-state index in [4.69, 9.17) is 5.73 Å². The van der Waals surface area contributed by atoms with Gasteiger partial charge in [-0.05, 0) is 24.1 Å². The molecule has 1 aromatic carbocycles. The first kappa shape index (κ1) is 13.8. The molecule has 2 heterocycles. The van der Waals surface area contributed by atoms with E-state index in [9.17, 15) is 9.18 Å². The SMILES string of the molecule is Cc1ccc(CN2CCc3nc(N)[nH]c(=O)c3C2)cc1F. The van der Waals surface area contributed by atoms with E-state index in [0.717, 1.165) is 17.8 Å². The normalized spacial score (nSPS) is 15.0. The minimum absolute atomic E-state index is 0.160. The number of nitrogen functional groups attached to an aromatic ring is 1. The molecule has 0 unspecified atom stereocenters. The van der Waals surface area contributed by atoms with Crippen molar-refractivity contribution >= 4 is 5.95 Å². The molecule has 21 heavy (non-hydrogen) atoms. The second-order valence-corrected chi connectivity index (χ2v) is 5.42. The number of aromatic nitrogens is 2. The molecule has 1 aliphatic rings. The fourth-order valence-electron chi connectivity index (χ4n) is 2.63. The largest absolute Gasteiger partial charge is 0.369 e. The van der Waals surface area contributed by atoms with Gasteiger partial charge in [-0.2, -0.15) is 0 Å². The fraction of sp³-hybridized carbons (Fsp3) is 0.333. The van der Waals surface area contributed by atoms with Crippen LogP contribution in [0.2, 0.25) is 0 Å². The number of hydrogen-bond acceptors (Lipinski definition) is 4. The Morgan fingerprint density at radius 3 is 3.05 bits per heavy atom. The summed E-state index contributed by atoms with van der Waals surface area (Å²) in [5.41, 5.74) is 8.33. The first-order valence-electron chi connectivity index (χ1n) is 6.88. The van der Waals surface area contributed by atoms with E-state index in [1.807, 2.05) is 6.07 Å². The number of rotatable bonds is 2. The van der Waals surface area contributed by atoms with Gasteiger partial charge in [0.25, 0.3) is 5.56 Å². The summed E-state index contributed by atoms with van der Waals surface area (Å²) < 4.78 is 13.6. The second-order valence-electron chi connectivity index (χ2n) is 5.42. The van der Waals surface area contributed by atoms with Crippen LogP contribution in [0.5, 0.6) is 0 Å². The van der Waals surface area contributed by atoms with Crippen LogP contribution in [0, 0.1) is 12.7 Å². The minimum atomic E-state index is -0.197. The number of hydrogen-bond donors (Lipinski definition) is 2. The van der Waals surface area contributed by atoms with Crippen molar-refractivity contribution in [1.29, 1.82) is 0 Å². The molecule has 6 heteroatoms. The van der Waals surface area contributed by atoms with Crippen LogP contribution in [0.25, 0.3) is 0 Å². The number of aromatic amines is 1. The molecule has 5 nitrogen and oxygen atoms in total. The van der Waals surface area contributed by atoms with Gasteiger partial charge in [-0.3, -0.25) is 14.7 Å². The third kappa shape index (κ3) is 2.80. The van der Waals surface area contributed by atoms with E-state index < -0.39 is 0 Å². The molecular weight excluding hydrogens is 271 g/mol. The van der Waals surface area contributed by atoms with Crippen molar-refractivity contribution < 1.29 is 4.39 Å². The van der Waals surface area contributed by atoms with E-state index in [-0.39, 0.29) is 17.3 Å². The van der Waals surface area contributed by atoms with Crippen molar-refractivity contribution in [3.63, 3.8) is 0 Å². The van der Waals surface area contributed by atoms with Crippen molar-refractivity contribution in [2.75, 3.05) is 12.3 Å². The Morgan fingerprint density at radius 2 is 2.29 bits per heavy atom. The van der Waals surface area contributed by atoms with Gasteiger partial charge >= 0.3 is 0 Å². The summed E-state index contributed by atoms with van der Waals surface area (Å²) in [4.78, 5) is 20.7. The van der Waals surface area contributed by atoms with Crippen molar-refractivity contribution in [2.45, 2.75) is 26.4 Å². The van der Waals surface area contributed by atoms with E-state index >= 15 is 0 Å². The first-order chi connectivity index (χ1) is 10.0. The quantitative estimate of drug-likeness (QED) is 0.875. The summed E-state index contributed by atoms with van der Waals surface area (Å²) >= 11 is 0. The second kappa shape index (κ2) is 5.29. The van der Waals surface area contributed by atoms with Crippen molar-refractivity contribution in [3.8, 4) is 0 Å². The lowest BCUT2D eigenvalue weighted by Gasteiger charge is -2.27. The molecule has 0 fully saturated rings. The van der Waals surface area contributed by atoms with Gasteiger partial charge in [0.1, 0.15) is 5.82 Å². The molecule has 3 rings (SSSR count). The molecule has 2 aromatic rings. The van der Waals surface area contributed by atoms with Crippen molar-refractivity contribution in [1.82, 2.24) is 14.9 Å². The van der Waals surface area contributed by atoms with Gasteiger partial charge < -0.3 is 5.73 Å². The Kier molecular flexibility index (Phi) is 3.47. The number of aryl methyl sites for hydroxylation is 1. The lowest BCUT2D eigenvalue weighted by Crippen LogP contribution is -2.35. The van der Waals surface area contributed by atoms with E-state index in [2.05, 4.69) is 14.9 Å². The van der Waals surface area contributed by atoms with E-state index in [0.29, 0.717) is 30.6 Å². The monoisotopic (exact) mass is 288 g/mol. The molecule has 0 aliphatic carbocycles. The summed E-state index contributed by atoms with van der Waals surface area (Å²) in [6.45, 7) is 3.64. The van der Waals surface area contributed by atoms with Gasteiger partial charge in [-0.15, -0.1) is 0 Å². The van der Waals surface area contributed by atoms with Gasteiger partial charge in [0, 0.05) is 26.1 Å². The molecule has 0 bridgehead atoms. The highest BCUT2D eigenvalue weighted by atomic mass is 19.1.